The van der Waals surface area contributed by atoms with Crippen LogP contribution in [-0.2, 0) is 0 Å². The number of rotatable bonds is 3. The Kier molecular flexibility index (Phi) is 3.34. The van der Waals surface area contributed by atoms with Gasteiger partial charge in [0, 0.05) is 5.92 Å². The zero-order valence-electron chi connectivity index (χ0n) is 8.82. The molecule has 0 saturated carbocycles. The number of hydrogen-bond donors (Lipinski definition) is 1. The van der Waals surface area contributed by atoms with Crippen molar-refractivity contribution in [2.75, 3.05) is 0 Å². The van der Waals surface area contributed by atoms with Crippen LogP contribution in [0, 0.1) is 0 Å². The minimum Gasteiger partial charge on any atom is -0.411 e. The maximum atomic E-state index is 8.73. The Hall–Kier alpha value is -2.09. The van der Waals surface area contributed by atoms with Crippen molar-refractivity contribution in [2.24, 2.45) is 5.16 Å². The van der Waals surface area contributed by atoms with Gasteiger partial charge in [0.15, 0.2) is 0 Å². The van der Waals surface area contributed by atoms with Crippen LogP contribution in [0.1, 0.15) is 17.0 Å². The molecule has 0 aromatic heterocycles. The van der Waals surface area contributed by atoms with Crippen LogP contribution in [0.5, 0.6) is 0 Å². The summed E-state index contributed by atoms with van der Waals surface area (Å²) in [6.07, 6.45) is 1.55. The molecule has 0 atom stereocenters. The summed E-state index contributed by atoms with van der Waals surface area (Å²) in [5.74, 6) is 0.00685. The molecule has 2 nitrogen and oxygen atoms in total. The summed E-state index contributed by atoms with van der Waals surface area (Å²) < 4.78 is 0. The Bertz CT molecular complexity index is 411. The van der Waals surface area contributed by atoms with Crippen molar-refractivity contribution in [3.8, 4) is 0 Å². The van der Waals surface area contributed by atoms with Crippen molar-refractivity contribution in [3.63, 3.8) is 0 Å². The molecule has 0 unspecified atom stereocenters. The number of nitrogens with zero attached hydrogens (tertiary/aromatic N) is 1. The Balaban J connectivity index is 2.39. The molecule has 0 spiro atoms. The van der Waals surface area contributed by atoms with Crippen LogP contribution in [0.25, 0.3) is 0 Å². The van der Waals surface area contributed by atoms with Gasteiger partial charge in [0.05, 0.1) is 6.21 Å². The lowest BCUT2D eigenvalue weighted by Gasteiger charge is -2.11. The van der Waals surface area contributed by atoms with E-state index in [1.165, 1.54) is 0 Å². The highest BCUT2D eigenvalue weighted by Crippen LogP contribution is 2.22. The van der Waals surface area contributed by atoms with E-state index in [2.05, 4.69) is 5.16 Å². The van der Waals surface area contributed by atoms with Crippen molar-refractivity contribution in [1.29, 1.82) is 0 Å². The van der Waals surface area contributed by atoms with Crippen molar-refractivity contribution in [3.05, 3.63) is 71.8 Å². The predicted molar refractivity (Wildman–Crippen MR) is 65.0 cm³/mol. The van der Waals surface area contributed by atoms with E-state index in [0.29, 0.717) is 0 Å². The quantitative estimate of drug-likeness (QED) is 0.471. The third-order valence-corrected chi connectivity index (χ3v) is 2.53. The van der Waals surface area contributed by atoms with E-state index in [0.717, 1.165) is 11.1 Å². The van der Waals surface area contributed by atoms with Gasteiger partial charge in [-0.15, -0.1) is 5.16 Å². The summed E-state index contributed by atoms with van der Waals surface area (Å²) in [5.41, 5.74) is 2.23. The van der Waals surface area contributed by atoms with Gasteiger partial charge in [-0.05, 0) is 11.1 Å². The standard InChI is InChI=1S/C14H13NO/c16-15-11-14(12-7-3-1-4-8-12)13-9-5-2-6-10-13/h1-11,14,16H/b15-11-. The molecule has 0 aliphatic rings. The lowest BCUT2D eigenvalue weighted by atomic mass is 9.92. The third kappa shape index (κ3) is 2.28. The summed E-state index contributed by atoms with van der Waals surface area (Å²) >= 11 is 0. The van der Waals surface area contributed by atoms with Gasteiger partial charge in [-0.25, -0.2) is 0 Å². The van der Waals surface area contributed by atoms with Crippen LogP contribution in [-0.4, -0.2) is 11.4 Å². The predicted octanol–water partition coefficient (Wildman–Crippen LogP) is 3.28. The summed E-state index contributed by atoms with van der Waals surface area (Å²) in [7, 11) is 0. The Morgan fingerprint density at radius 1 is 0.812 bits per heavy atom. The molecule has 0 heterocycles. The molecule has 0 aliphatic carbocycles. The van der Waals surface area contributed by atoms with Crippen LogP contribution < -0.4 is 0 Å². The Morgan fingerprint density at radius 3 is 1.62 bits per heavy atom. The lowest BCUT2D eigenvalue weighted by Crippen LogP contribution is -2.02. The van der Waals surface area contributed by atoms with Crippen molar-refractivity contribution in [1.82, 2.24) is 0 Å². The summed E-state index contributed by atoms with van der Waals surface area (Å²) in [6.45, 7) is 0. The second kappa shape index (κ2) is 5.12. The zero-order chi connectivity index (χ0) is 11.2. The number of oxime groups is 1. The third-order valence-electron chi connectivity index (χ3n) is 2.53. The highest BCUT2D eigenvalue weighted by molar-refractivity contribution is 5.72. The van der Waals surface area contributed by atoms with Gasteiger partial charge in [-0.1, -0.05) is 60.7 Å². The lowest BCUT2D eigenvalue weighted by molar-refractivity contribution is 0.320. The van der Waals surface area contributed by atoms with Gasteiger partial charge in [0.1, 0.15) is 0 Å². The van der Waals surface area contributed by atoms with E-state index in [1.807, 2.05) is 60.7 Å². The van der Waals surface area contributed by atoms with E-state index in [9.17, 15) is 0 Å². The van der Waals surface area contributed by atoms with Crippen molar-refractivity contribution in [2.45, 2.75) is 5.92 Å². The molecule has 2 rings (SSSR count). The first kappa shape index (κ1) is 10.4. The molecule has 0 saturated heterocycles. The largest absolute Gasteiger partial charge is 0.411 e. The molecule has 0 amide bonds. The molecule has 0 aliphatic heterocycles. The van der Waals surface area contributed by atoms with Crippen LogP contribution in [0.3, 0.4) is 0 Å². The SMILES string of the molecule is O/N=C\C(c1ccccc1)c1ccccc1. The minimum atomic E-state index is 0.00685. The minimum absolute atomic E-state index is 0.00685. The first-order valence-corrected chi connectivity index (χ1v) is 5.19. The summed E-state index contributed by atoms with van der Waals surface area (Å²) in [4.78, 5) is 0. The number of hydrogen-bond acceptors (Lipinski definition) is 2. The smallest absolute Gasteiger partial charge is 0.0554 e. The van der Waals surface area contributed by atoms with Crippen LogP contribution in [0.15, 0.2) is 65.8 Å². The normalized spacial score (nSPS) is 11.1. The van der Waals surface area contributed by atoms with Crippen LogP contribution >= 0.6 is 0 Å². The van der Waals surface area contributed by atoms with Crippen LogP contribution in [0.2, 0.25) is 0 Å². The fourth-order valence-corrected chi connectivity index (χ4v) is 1.75. The topological polar surface area (TPSA) is 32.6 Å². The van der Waals surface area contributed by atoms with Crippen LogP contribution in [0.4, 0.5) is 0 Å². The average Bonchev–Trinajstić information content (AvgIpc) is 2.38. The summed E-state index contributed by atoms with van der Waals surface area (Å²) in [5, 5.41) is 11.9. The van der Waals surface area contributed by atoms with E-state index in [4.69, 9.17) is 5.21 Å². The molecule has 2 aromatic rings. The second-order valence-electron chi connectivity index (χ2n) is 3.56. The van der Waals surface area contributed by atoms with Gasteiger partial charge < -0.3 is 5.21 Å². The first-order valence-electron chi connectivity index (χ1n) is 5.19. The van der Waals surface area contributed by atoms with Crippen molar-refractivity contribution >= 4 is 6.21 Å². The maximum absolute atomic E-state index is 8.73. The molecule has 0 radical (unpaired) electrons. The van der Waals surface area contributed by atoms with Gasteiger partial charge >= 0.3 is 0 Å². The van der Waals surface area contributed by atoms with E-state index in [-0.39, 0.29) is 5.92 Å². The fraction of sp³-hybridized carbons (Fsp3) is 0.0714. The first-order chi connectivity index (χ1) is 7.92. The number of benzene rings is 2. The van der Waals surface area contributed by atoms with Gasteiger partial charge in [-0.2, -0.15) is 0 Å². The maximum Gasteiger partial charge on any atom is 0.0554 e. The Morgan fingerprint density at radius 2 is 1.25 bits per heavy atom. The Labute approximate surface area is 94.9 Å². The monoisotopic (exact) mass is 211 g/mol. The zero-order valence-corrected chi connectivity index (χ0v) is 8.82. The highest BCUT2D eigenvalue weighted by atomic mass is 16.4. The van der Waals surface area contributed by atoms with Gasteiger partial charge in [0.25, 0.3) is 0 Å². The molecule has 2 aromatic carbocycles. The molecule has 0 fully saturated rings. The molecule has 0 bridgehead atoms. The second-order valence-corrected chi connectivity index (χ2v) is 3.56. The van der Waals surface area contributed by atoms with E-state index < -0.39 is 0 Å². The van der Waals surface area contributed by atoms with E-state index >= 15 is 0 Å². The summed E-state index contributed by atoms with van der Waals surface area (Å²) in [6, 6.07) is 20.0. The highest BCUT2D eigenvalue weighted by Gasteiger charge is 2.10. The van der Waals surface area contributed by atoms with Gasteiger partial charge in [-0.3, -0.25) is 0 Å². The van der Waals surface area contributed by atoms with Gasteiger partial charge in [0.2, 0.25) is 0 Å². The molecule has 16 heavy (non-hydrogen) atoms. The van der Waals surface area contributed by atoms with E-state index in [1.54, 1.807) is 6.21 Å². The molecule has 80 valence electrons. The fourth-order valence-electron chi connectivity index (χ4n) is 1.75. The van der Waals surface area contributed by atoms with Crippen molar-refractivity contribution < 1.29 is 5.21 Å². The average molecular weight is 211 g/mol. The molecular weight excluding hydrogens is 198 g/mol. The molecule has 1 N–H and O–H groups in total. The molecular formula is C14H13NO. The molecule has 2 heteroatoms.